The summed E-state index contributed by atoms with van der Waals surface area (Å²) in [6, 6.07) is 95.7. The summed E-state index contributed by atoms with van der Waals surface area (Å²) < 4.78 is 27.2. The smallest absolute Gasteiger partial charge is 0.383 e. The van der Waals surface area contributed by atoms with Crippen molar-refractivity contribution in [1.29, 1.82) is 0 Å². The number of hydrogen-bond donors (Lipinski definition) is 0. The van der Waals surface area contributed by atoms with E-state index in [9.17, 15) is 86.3 Å². The Morgan fingerprint density at radius 3 is 0.284 bits per heavy atom. The standard InChI is InChI=1S/6C15H10O4.2Zr/c6*16-13(11-7-3-1-4-8-11)15(18)19-14(17)12-9-5-2-6-10-12;;/h6*1-10H;;. The largest absolute Gasteiger partial charge is 0.387 e. The number of ether oxygens (including phenoxy) is 6. The molecule has 0 saturated carbocycles. The SMILES string of the molecule is O=C(OC(=O)c1ccccc1)C(=O)c1ccccc1.O=C(OC(=O)c1ccccc1)C(=O)c1ccccc1.O=C(OC(=O)c1ccccc1)C(=O)c1ccccc1.O=C(OC(=O)c1ccccc1)C(=O)c1ccccc1.O=C(OC(=O)c1ccccc1)C(=O)c1ccccc1.O=C(OC(=O)c1ccccc1)C(=O)c1ccccc1.[Zr].[Zr]. The molecule has 0 amide bonds. The third kappa shape index (κ3) is 30.5. The Morgan fingerprint density at radius 1 is 0.121 bits per heavy atom. The molecule has 572 valence electrons. The van der Waals surface area contributed by atoms with Crippen LogP contribution < -0.4 is 0 Å². The van der Waals surface area contributed by atoms with Crippen molar-refractivity contribution in [3.05, 3.63) is 431 Å². The van der Waals surface area contributed by atoms with Gasteiger partial charge in [0, 0.05) is 85.8 Å². The number of hydrogen-bond acceptors (Lipinski definition) is 24. The van der Waals surface area contributed by atoms with Gasteiger partial charge in [0.15, 0.2) is 0 Å². The van der Waals surface area contributed by atoms with Crippen molar-refractivity contribution in [1.82, 2.24) is 0 Å². The van der Waals surface area contributed by atoms with Crippen molar-refractivity contribution in [3.63, 3.8) is 0 Å². The number of ketones is 6. The van der Waals surface area contributed by atoms with Crippen molar-refractivity contribution in [2.45, 2.75) is 0 Å². The monoisotopic (exact) mass is 1700 g/mol. The van der Waals surface area contributed by atoms with Crippen LogP contribution in [0.3, 0.4) is 0 Å². The van der Waals surface area contributed by atoms with E-state index >= 15 is 0 Å². The van der Waals surface area contributed by atoms with E-state index in [1.165, 1.54) is 146 Å². The average molecular weight is 1710 g/mol. The van der Waals surface area contributed by atoms with Gasteiger partial charge in [-0.25, -0.2) is 57.5 Å². The summed E-state index contributed by atoms with van der Waals surface area (Å²) in [5.41, 5.74) is 2.44. The molecule has 0 fully saturated rings. The van der Waals surface area contributed by atoms with Crippen molar-refractivity contribution < 1.29 is 167 Å². The number of Topliss-reactive ketones (excluding diaryl/α,β-unsaturated/α-hetero) is 6. The summed E-state index contributed by atoms with van der Waals surface area (Å²) in [5.74, 6) is -17.2. The quantitative estimate of drug-likeness (QED) is 0.0253. The van der Waals surface area contributed by atoms with Crippen molar-refractivity contribution in [2.24, 2.45) is 0 Å². The van der Waals surface area contributed by atoms with Crippen LogP contribution in [0.2, 0.25) is 0 Å². The van der Waals surface area contributed by atoms with Gasteiger partial charge in [-0.15, -0.1) is 0 Å². The Kier molecular flexibility index (Phi) is 39.2. The first kappa shape index (κ1) is 91.9. The van der Waals surface area contributed by atoms with Crippen molar-refractivity contribution in [3.8, 4) is 0 Å². The van der Waals surface area contributed by atoms with Crippen LogP contribution in [0.4, 0.5) is 0 Å². The van der Waals surface area contributed by atoms with Crippen molar-refractivity contribution in [2.75, 3.05) is 0 Å². The predicted octanol–water partition coefficient (Wildman–Crippen LogP) is 13.5. The van der Waals surface area contributed by atoms with E-state index in [2.05, 4.69) is 28.4 Å². The Balaban J connectivity index is 0.000000247. The van der Waals surface area contributed by atoms with Crippen LogP contribution in [0.1, 0.15) is 124 Å². The molecule has 0 aliphatic carbocycles. The molecule has 0 aliphatic rings. The number of rotatable bonds is 18. The van der Waals surface area contributed by atoms with Gasteiger partial charge < -0.3 is 28.4 Å². The molecule has 116 heavy (non-hydrogen) atoms. The molecule has 0 N–H and O–H groups in total. The minimum atomic E-state index is -1.18. The Morgan fingerprint density at radius 2 is 0.198 bits per heavy atom. The minimum Gasteiger partial charge on any atom is -0.383 e. The fraction of sp³-hybridized carbons (Fsp3) is 0. The number of carbonyl (C=O) groups excluding carboxylic acids is 18. The van der Waals surface area contributed by atoms with Crippen molar-refractivity contribution >= 4 is 106 Å². The summed E-state index contributed by atoms with van der Waals surface area (Å²) in [6.45, 7) is 0. The second-order valence-electron chi connectivity index (χ2n) is 22.4. The second kappa shape index (κ2) is 49.5. The molecule has 12 rings (SSSR count). The van der Waals surface area contributed by atoms with Gasteiger partial charge in [-0.2, -0.15) is 0 Å². The molecule has 0 aliphatic heterocycles. The van der Waals surface area contributed by atoms with Crippen LogP contribution in [0.25, 0.3) is 0 Å². The number of esters is 12. The Bertz CT molecular complexity index is 4510. The maximum atomic E-state index is 11.7. The first-order valence-corrected chi connectivity index (χ1v) is 33.6. The molecule has 0 atom stereocenters. The molecule has 0 aromatic heterocycles. The van der Waals surface area contributed by atoms with E-state index in [0.717, 1.165) is 0 Å². The van der Waals surface area contributed by atoms with Gasteiger partial charge in [-0.3, -0.25) is 28.8 Å². The minimum absolute atomic E-state index is 0. The molecule has 0 bridgehead atoms. The topological polar surface area (TPSA) is 363 Å². The first-order valence-electron chi connectivity index (χ1n) is 33.6. The third-order valence-corrected chi connectivity index (χ3v) is 14.5. The molecule has 0 spiro atoms. The normalized spacial score (nSPS) is 9.52. The second-order valence-corrected chi connectivity index (χ2v) is 22.4. The number of benzene rings is 12. The molecule has 0 radical (unpaired) electrons. The van der Waals surface area contributed by atoms with Gasteiger partial charge in [0.05, 0.1) is 33.4 Å². The van der Waals surface area contributed by atoms with E-state index in [4.69, 9.17) is 0 Å². The molecular weight excluding hydrogens is 1650 g/mol. The number of carbonyl (C=O) groups is 18. The van der Waals surface area contributed by atoms with Crippen LogP contribution in [0.15, 0.2) is 364 Å². The molecule has 0 heterocycles. The summed E-state index contributed by atoms with van der Waals surface area (Å²) in [6.07, 6.45) is 0. The fourth-order valence-electron chi connectivity index (χ4n) is 8.83. The van der Waals surface area contributed by atoms with Crippen LogP contribution in [0, 0.1) is 0 Å². The van der Waals surface area contributed by atoms with E-state index < -0.39 is 106 Å². The zero-order chi connectivity index (χ0) is 82.0. The average Bonchev–Trinajstić information content (AvgIpc) is 0.891. The van der Waals surface area contributed by atoms with Gasteiger partial charge in [-0.1, -0.05) is 291 Å². The van der Waals surface area contributed by atoms with Gasteiger partial charge in [0.1, 0.15) is 0 Å². The van der Waals surface area contributed by atoms with Gasteiger partial charge in [0.25, 0.3) is 34.7 Å². The zero-order valence-corrected chi connectivity index (χ0v) is 65.4. The molecular formula is C90H60O24Zr2. The Hall–Kier alpha value is -14.7. The van der Waals surface area contributed by atoms with Gasteiger partial charge in [0.2, 0.25) is 0 Å². The van der Waals surface area contributed by atoms with Crippen LogP contribution in [0.5, 0.6) is 0 Å². The first-order chi connectivity index (χ1) is 55.1. The Labute approximate surface area is 699 Å². The van der Waals surface area contributed by atoms with E-state index in [1.807, 2.05) is 0 Å². The molecule has 26 heteroatoms. The van der Waals surface area contributed by atoms with Gasteiger partial charge >= 0.3 is 71.6 Å². The maximum Gasteiger partial charge on any atom is 0.387 e. The summed E-state index contributed by atoms with van der Waals surface area (Å²) in [4.78, 5) is 209. The summed E-state index contributed by atoms with van der Waals surface area (Å²) in [7, 11) is 0. The predicted molar refractivity (Wildman–Crippen MR) is 406 cm³/mol. The molecule has 12 aromatic carbocycles. The van der Waals surface area contributed by atoms with Crippen LogP contribution in [-0.4, -0.2) is 106 Å². The maximum absolute atomic E-state index is 11.7. The summed E-state index contributed by atoms with van der Waals surface area (Å²) in [5, 5.41) is 0. The molecule has 24 nitrogen and oxygen atoms in total. The van der Waals surface area contributed by atoms with E-state index in [0.29, 0.717) is 0 Å². The van der Waals surface area contributed by atoms with E-state index in [-0.39, 0.29) is 119 Å². The molecule has 0 unspecified atom stereocenters. The third-order valence-electron chi connectivity index (χ3n) is 14.5. The van der Waals surface area contributed by atoms with Crippen LogP contribution >= 0.6 is 0 Å². The molecule has 12 aromatic rings. The van der Waals surface area contributed by atoms with Crippen LogP contribution in [-0.2, 0) is 110 Å². The molecule has 0 saturated heterocycles. The van der Waals surface area contributed by atoms with E-state index in [1.54, 1.807) is 218 Å². The fourth-order valence-corrected chi connectivity index (χ4v) is 8.83. The summed E-state index contributed by atoms with van der Waals surface area (Å²) >= 11 is 0. The zero-order valence-electron chi connectivity index (χ0n) is 60.4. The van der Waals surface area contributed by atoms with Gasteiger partial charge in [-0.05, 0) is 72.8 Å².